The van der Waals surface area contributed by atoms with Gasteiger partial charge in [-0.05, 0) is 41.8 Å². The van der Waals surface area contributed by atoms with E-state index in [2.05, 4.69) is 22.9 Å². The van der Waals surface area contributed by atoms with E-state index in [4.69, 9.17) is 5.73 Å². The molecule has 0 bridgehead atoms. The summed E-state index contributed by atoms with van der Waals surface area (Å²) in [7, 11) is 1.99. The van der Waals surface area contributed by atoms with E-state index in [1.807, 2.05) is 13.1 Å². The lowest BCUT2D eigenvalue weighted by Gasteiger charge is -2.20. The minimum absolute atomic E-state index is 0.213. The fourth-order valence-corrected chi connectivity index (χ4v) is 2.28. The molecular weight excluding hydrogens is 265 g/mol. The molecule has 0 aliphatic carbocycles. The average Bonchev–Trinajstić information content (AvgIpc) is 2.49. The molecule has 2 N–H and O–H groups in total. The first-order valence-electron chi connectivity index (χ1n) is 7.28. The maximum absolute atomic E-state index is 12.9. The molecular formula is C17H22FN3. The van der Waals surface area contributed by atoms with E-state index in [-0.39, 0.29) is 5.82 Å². The Kier molecular flexibility index (Phi) is 5.28. The van der Waals surface area contributed by atoms with Gasteiger partial charge in [0.1, 0.15) is 11.6 Å². The van der Waals surface area contributed by atoms with Gasteiger partial charge in [0.25, 0.3) is 0 Å². The lowest BCUT2D eigenvalue weighted by molar-refractivity contribution is 0.627. The van der Waals surface area contributed by atoms with E-state index in [0.29, 0.717) is 13.1 Å². The van der Waals surface area contributed by atoms with Crippen molar-refractivity contribution in [3.63, 3.8) is 0 Å². The van der Waals surface area contributed by atoms with Crippen LogP contribution < -0.4 is 10.6 Å². The third-order valence-electron chi connectivity index (χ3n) is 3.39. The summed E-state index contributed by atoms with van der Waals surface area (Å²) >= 11 is 0. The van der Waals surface area contributed by atoms with Crippen molar-refractivity contribution in [2.45, 2.75) is 32.9 Å². The van der Waals surface area contributed by atoms with Crippen LogP contribution in [-0.2, 0) is 19.5 Å². The molecule has 4 heteroatoms. The molecule has 1 aromatic heterocycles. The van der Waals surface area contributed by atoms with Crippen molar-refractivity contribution in [1.82, 2.24) is 4.98 Å². The Hall–Kier alpha value is -1.94. The minimum Gasteiger partial charge on any atom is -0.355 e. The van der Waals surface area contributed by atoms with Gasteiger partial charge in [0.05, 0.1) is 0 Å². The summed E-state index contributed by atoms with van der Waals surface area (Å²) in [6.45, 7) is 3.34. The largest absolute Gasteiger partial charge is 0.355 e. The van der Waals surface area contributed by atoms with Crippen LogP contribution in [0.2, 0.25) is 0 Å². The minimum atomic E-state index is -0.213. The molecule has 0 amide bonds. The highest BCUT2D eigenvalue weighted by molar-refractivity contribution is 5.43. The molecule has 21 heavy (non-hydrogen) atoms. The first-order valence-corrected chi connectivity index (χ1v) is 7.28. The predicted molar refractivity (Wildman–Crippen MR) is 84.6 cm³/mol. The molecule has 0 unspecified atom stereocenters. The van der Waals surface area contributed by atoms with Gasteiger partial charge in [0.15, 0.2) is 0 Å². The molecule has 3 nitrogen and oxygen atoms in total. The van der Waals surface area contributed by atoms with E-state index in [0.717, 1.165) is 35.5 Å². The summed E-state index contributed by atoms with van der Waals surface area (Å²) in [5.41, 5.74) is 8.98. The number of benzene rings is 1. The monoisotopic (exact) mass is 287 g/mol. The van der Waals surface area contributed by atoms with Gasteiger partial charge in [-0.2, -0.15) is 0 Å². The van der Waals surface area contributed by atoms with Crippen molar-refractivity contribution < 1.29 is 4.39 Å². The average molecular weight is 287 g/mol. The summed E-state index contributed by atoms with van der Waals surface area (Å²) in [4.78, 5) is 6.74. The molecule has 0 spiro atoms. The van der Waals surface area contributed by atoms with Gasteiger partial charge in [-0.3, -0.25) is 0 Å². The molecule has 112 valence electrons. The lowest BCUT2D eigenvalue weighted by atomic mass is 10.1. The maximum Gasteiger partial charge on any atom is 0.129 e. The second kappa shape index (κ2) is 7.18. The Morgan fingerprint density at radius 1 is 1.14 bits per heavy atom. The number of hydrogen-bond donors (Lipinski definition) is 1. The van der Waals surface area contributed by atoms with Gasteiger partial charge in [-0.1, -0.05) is 25.5 Å². The van der Waals surface area contributed by atoms with Crippen molar-refractivity contribution in [3.8, 4) is 0 Å². The number of halogens is 1. The lowest BCUT2D eigenvalue weighted by Crippen LogP contribution is -2.19. The number of aryl methyl sites for hydroxylation is 1. The van der Waals surface area contributed by atoms with Crippen LogP contribution in [0.1, 0.15) is 30.2 Å². The molecule has 0 aliphatic rings. The van der Waals surface area contributed by atoms with E-state index >= 15 is 0 Å². The van der Waals surface area contributed by atoms with E-state index in [1.54, 1.807) is 12.1 Å². The van der Waals surface area contributed by atoms with E-state index in [9.17, 15) is 4.39 Å². The smallest absolute Gasteiger partial charge is 0.129 e. The van der Waals surface area contributed by atoms with Crippen LogP contribution in [0.4, 0.5) is 10.2 Å². The van der Waals surface area contributed by atoms with E-state index in [1.165, 1.54) is 12.1 Å². The van der Waals surface area contributed by atoms with Crippen LogP contribution in [0.15, 0.2) is 36.4 Å². The molecule has 0 fully saturated rings. The summed E-state index contributed by atoms with van der Waals surface area (Å²) in [6, 6.07) is 10.6. The Bertz CT molecular complexity index is 581. The zero-order chi connectivity index (χ0) is 15.2. The molecule has 0 saturated heterocycles. The fraction of sp³-hybridized carbons (Fsp3) is 0.353. The normalized spacial score (nSPS) is 10.7. The molecule has 0 radical (unpaired) electrons. The van der Waals surface area contributed by atoms with Crippen molar-refractivity contribution >= 4 is 5.82 Å². The molecule has 0 atom stereocenters. The van der Waals surface area contributed by atoms with Crippen molar-refractivity contribution in [2.24, 2.45) is 5.73 Å². The predicted octanol–water partition coefficient (Wildman–Crippen LogP) is 3.27. The zero-order valence-corrected chi connectivity index (χ0v) is 12.6. The molecule has 2 rings (SSSR count). The van der Waals surface area contributed by atoms with Gasteiger partial charge >= 0.3 is 0 Å². The first-order chi connectivity index (χ1) is 10.1. The number of anilines is 1. The third-order valence-corrected chi connectivity index (χ3v) is 3.39. The molecule has 1 heterocycles. The molecule has 0 aliphatic heterocycles. The van der Waals surface area contributed by atoms with Gasteiger partial charge in [0, 0.05) is 25.8 Å². The van der Waals surface area contributed by atoms with Crippen LogP contribution in [0.5, 0.6) is 0 Å². The van der Waals surface area contributed by atoms with Gasteiger partial charge in [-0.25, -0.2) is 9.37 Å². The van der Waals surface area contributed by atoms with Crippen LogP contribution >= 0.6 is 0 Å². The topological polar surface area (TPSA) is 42.1 Å². The summed E-state index contributed by atoms with van der Waals surface area (Å²) < 4.78 is 12.9. The summed E-state index contributed by atoms with van der Waals surface area (Å²) in [6.07, 6.45) is 2.01. The number of hydrogen-bond acceptors (Lipinski definition) is 3. The number of aromatic nitrogens is 1. The third kappa shape index (κ3) is 4.26. The second-order valence-electron chi connectivity index (χ2n) is 5.26. The van der Waals surface area contributed by atoms with Crippen molar-refractivity contribution in [1.29, 1.82) is 0 Å². The SMILES string of the molecule is CCCc1cc(CN)cc(N(C)Cc2ccc(F)cc2)n1. The van der Waals surface area contributed by atoms with Crippen LogP contribution in [0.3, 0.4) is 0 Å². The highest BCUT2D eigenvalue weighted by Crippen LogP contribution is 2.17. The standard InChI is InChI=1S/C17H22FN3/c1-3-4-16-9-14(11-19)10-17(20-16)21(2)12-13-5-7-15(18)8-6-13/h5-10H,3-4,11-12,19H2,1-2H3. The number of nitrogens with two attached hydrogens (primary N) is 1. The highest BCUT2D eigenvalue weighted by Gasteiger charge is 2.07. The Morgan fingerprint density at radius 3 is 2.48 bits per heavy atom. The Labute approximate surface area is 125 Å². The number of nitrogens with zero attached hydrogens (tertiary/aromatic N) is 2. The van der Waals surface area contributed by atoms with Gasteiger partial charge in [-0.15, -0.1) is 0 Å². The quantitative estimate of drug-likeness (QED) is 0.886. The van der Waals surface area contributed by atoms with Crippen LogP contribution in [0.25, 0.3) is 0 Å². The van der Waals surface area contributed by atoms with Crippen LogP contribution in [-0.4, -0.2) is 12.0 Å². The summed E-state index contributed by atoms with van der Waals surface area (Å²) in [5.74, 6) is 0.695. The fourth-order valence-electron chi connectivity index (χ4n) is 2.28. The van der Waals surface area contributed by atoms with Gasteiger partial charge < -0.3 is 10.6 Å². The maximum atomic E-state index is 12.9. The second-order valence-corrected chi connectivity index (χ2v) is 5.26. The Balaban J connectivity index is 2.19. The number of rotatable bonds is 6. The van der Waals surface area contributed by atoms with Gasteiger partial charge in [0.2, 0.25) is 0 Å². The number of pyridine rings is 1. The first kappa shape index (κ1) is 15.4. The van der Waals surface area contributed by atoms with E-state index < -0.39 is 0 Å². The summed E-state index contributed by atoms with van der Waals surface area (Å²) in [5, 5.41) is 0. The molecule has 2 aromatic rings. The van der Waals surface area contributed by atoms with Crippen LogP contribution in [0, 0.1) is 5.82 Å². The zero-order valence-electron chi connectivity index (χ0n) is 12.6. The van der Waals surface area contributed by atoms with Crippen molar-refractivity contribution in [3.05, 3.63) is 59.0 Å². The highest BCUT2D eigenvalue weighted by atomic mass is 19.1. The molecule has 0 saturated carbocycles. The molecule has 1 aromatic carbocycles. The van der Waals surface area contributed by atoms with Crippen molar-refractivity contribution in [2.75, 3.05) is 11.9 Å². The Morgan fingerprint density at radius 2 is 1.86 bits per heavy atom.